The summed E-state index contributed by atoms with van der Waals surface area (Å²) in [5.41, 5.74) is 7.62. The van der Waals surface area contributed by atoms with Crippen molar-refractivity contribution >= 4 is 65.3 Å². The van der Waals surface area contributed by atoms with Gasteiger partial charge in [-0.15, -0.1) is 54.0 Å². The van der Waals surface area contributed by atoms with Crippen LogP contribution in [0.1, 0.15) is 26.3 Å². The molecule has 244 valence electrons. The summed E-state index contributed by atoms with van der Waals surface area (Å²) in [4.78, 5) is 9.19. The van der Waals surface area contributed by atoms with E-state index in [-0.39, 0.29) is 26.5 Å². The first-order valence-electron chi connectivity index (χ1n) is 16.1. The molecule has 0 amide bonds. The van der Waals surface area contributed by atoms with Gasteiger partial charge < -0.3 is 19.1 Å². The molecule has 1 aliphatic rings. The quantitative estimate of drug-likeness (QED) is 0.162. The summed E-state index contributed by atoms with van der Waals surface area (Å²) in [6, 6.07) is 49.0. The minimum absolute atomic E-state index is 0. The summed E-state index contributed by atoms with van der Waals surface area (Å²) in [5.74, 6) is 2.09. The van der Waals surface area contributed by atoms with Gasteiger partial charge in [-0.3, -0.25) is 0 Å². The number of para-hydroxylation sites is 3. The number of benzene rings is 5. The summed E-state index contributed by atoms with van der Waals surface area (Å²) in [6.07, 6.45) is 1.83. The number of ether oxygens (including phenoxy) is 1. The molecule has 0 N–H and O–H groups in total. The van der Waals surface area contributed by atoms with Crippen LogP contribution in [0.2, 0.25) is 0 Å². The summed E-state index contributed by atoms with van der Waals surface area (Å²) < 4.78 is 11.2. The number of hydrogen-bond donors (Lipinski definition) is 0. The van der Waals surface area contributed by atoms with Gasteiger partial charge in [0.15, 0.2) is 0 Å². The average molecular weight is 835 g/mol. The Morgan fingerprint density at radius 3 is 2.18 bits per heavy atom. The Balaban J connectivity index is 0.00000348. The van der Waals surface area contributed by atoms with E-state index < -0.39 is 0 Å². The molecule has 0 saturated carbocycles. The van der Waals surface area contributed by atoms with Crippen LogP contribution >= 0.6 is 11.3 Å². The van der Waals surface area contributed by atoms with E-state index in [4.69, 9.17) is 9.72 Å². The molecule has 0 spiro atoms. The molecule has 0 radical (unpaired) electrons. The first-order valence-corrected chi connectivity index (χ1v) is 16.9. The normalized spacial score (nSPS) is 12.9. The van der Waals surface area contributed by atoms with E-state index >= 15 is 0 Å². The molecular weight excluding hydrogens is 804 g/mol. The van der Waals surface area contributed by atoms with Gasteiger partial charge in [0, 0.05) is 70.6 Å². The van der Waals surface area contributed by atoms with E-state index in [0.29, 0.717) is 11.5 Å². The molecule has 0 aliphatic carbocycles. The van der Waals surface area contributed by atoms with E-state index in [1.807, 2.05) is 42.6 Å². The monoisotopic (exact) mass is 834 g/mol. The molecule has 8 aromatic rings. The molecule has 3 aromatic heterocycles. The summed E-state index contributed by atoms with van der Waals surface area (Å²) in [5, 5.41) is 2.33. The minimum Gasteiger partial charge on any atom is -0.509 e. The van der Waals surface area contributed by atoms with E-state index in [1.165, 1.54) is 26.0 Å². The summed E-state index contributed by atoms with van der Waals surface area (Å²) in [7, 11) is 0. The number of thiophene rings is 1. The van der Waals surface area contributed by atoms with Crippen LogP contribution in [-0.2, 0) is 26.5 Å². The molecule has 5 aromatic carbocycles. The Labute approximate surface area is 304 Å². The molecule has 0 fully saturated rings. The second kappa shape index (κ2) is 12.2. The number of hydrogen-bond acceptors (Lipinski definition) is 5. The molecule has 1 aliphatic heterocycles. The second-order valence-electron chi connectivity index (χ2n) is 13.0. The van der Waals surface area contributed by atoms with Crippen molar-refractivity contribution in [1.29, 1.82) is 0 Å². The molecule has 5 nitrogen and oxygen atoms in total. The van der Waals surface area contributed by atoms with Gasteiger partial charge in [0.25, 0.3) is 0 Å². The molecule has 0 bridgehead atoms. The summed E-state index contributed by atoms with van der Waals surface area (Å²) in [6.45, 7) is 8.92. The van der Waals surface area contributed by atoms with Gasteiger partial charge in [0.1, 0.15) is 5.82 Å². The fourth-order valence-corrected chi connectivity index (χ4v) is 7.93. The van der Waals surface area contributed by atoms with E-state index in [9.17, 15) is 0 Å². The van der Waals surface area contributed by atoms with Gasteiger partial charge in [0.05, 0.1) is 5.52 Å². The van der Waals surface area contributed by atoms with Crippen molar-refractivity contribution in [2.75, 3.05) is 9.80 Å². The fraction of sp³-hybridized carbons (Fsp3) is 0.0952. The maximum atomic E-state index is 6.51. The predicted octanol–water partition coefficient (Wildman–Crippen LogP) is 11.5. The average Bonchev–Trinajstić information content (AvgIpc) is 3.77. The molecule has 49 heavy (non-hydrogen) atoms. The smallest absolute Gasteiger partial charge is 0.135 e. The van der Waals surface area contributed by atoms with Crippen LogP contribution in [0, 0.1) is 18.8 Å². The van der Waals surface area contributed by atoms with Gasteiger partial charge >= 0.3 is 0 Å². The van der Waals surface area contributed by atoms with Gasteiger partial charge in [-0.05, 0) is 47.4 Å². The third-order valence-corrected chi connectivity index (χ3v) is 10.1. The molecule has 0 unspecified atom stereocenters. The van der Waals surface area contributed by atoms with Crippen LogP contribution in [-0.4, -0.2) is 9.55 Å². The number of fused-ring (bicyclic) bond motifs is 6. The Bertz CT molecular complexity index is 2480. The number of anilines is 4. The van der Waals surface area contributed by atoms with E-state index in [1.54, 1.807) is 11.3 Å². The van der Waals surface area contributed by atoms with Crippen molar-refractivity contribution in [2.45, 2.75) is 26.2 Å². The second-order valence-corrected chi connectivity index (χ2v) is 14.1. The van der Waals surface area contributed by atoms with Crippen LogP contribution in [0.5, 0.6) is 11.5 Å². The van der Waals surface area contributed by atoms with Crippen molar-refractivity contribution in [3.05, 3.63) is 152 Å². The molecular formula is C42H31N4OPtS-3. The van der Waals surface area contributed by atoms with Gasteiger partial charge in [-0.2, -0.15) is 12.1 Å². The molecule has 0 atom stereocenters. The molecule has 9 rings (SSSR count). The number of nitrogens with zero attached hydrogens (tertiary/aromatic N) is 4. The van der Waals surface area contributed by atoms with Crippen molar-refractivity contribution in [2.24, 2.45) is 0 Å². The standard InChI is InChI=1S/C42H31N4OS.Pt/c1-42(2,3)33-16-5-6-17-34(33)45-27-44(35-18-7-8-19-36(35)45)28-13-12-14-29(25-28)47-30-22-23-31-37(26-30)46(39-21-10-11-24-43-39)40-32-15-4-9-20-38(32)48-41(31)40;/h4-24,27H,1-3H3;/q-3;. The maximum Gasteiger partial charge on any atom is 0.135 e. The van der Waals surface area contributed by atoms with Crippen LogP contribution in [0.25, 0.3) is 37.0 Å². The van der Waals surface area contributed by atoms with Crippen molar-refractivity contribution < 1.29 is 25.8 Å². The fourth-order valence-electron chi connectivity index (χ4n) is 6.71. The molecule has 4 heterocycles. The Morgan fingerprint density at radius 2 is 1.39 bits per heavy atom. The van der Waals surface area contributed by atoms with Crippen LogP contribution in [0.15, 0.2) is 128 Å². The van der Waals surface area contributed by atoms with Crippen LogP contribution < -0.4 is 14.5 Å². The zero-order valence-corrected chi connectivity index (χ0v) is 30.2. The third kappa shape index (κ3) is 5.31. The van der Waals surface area contributed by atoms with E-state index in [2.05, 4.69) is 139 Å². The van der Waals surface area contributed by atoms with Gasteiger partial charge in [-0.25, -0.2) is 4.98 Å². The molecule has 7 heteroatoms. The largest absolute Gasteiger partial charge is 0.509 e. The third-order valence-electron chi connectivity index (χ3n) is 8.87. The maximum absolute atomic E-state index is 6.51. The first kappa shape index (κ1) is 31.4. The van der Waals surface area contributed by atoms with Gasteiger partial charge in [0.2, 0.25) is 0 Å². The van der Waals surface area contributed by atoms with Gasteiger partial charge in [-0.1, -0.05) is 86.3 Å². The zero-order chi connectivity index (χ0) is 32.4. The van der Waals surface area contributed by atoms with Crippen molar-refractivity contribution in [3.8, 4) is 17.3 Å². The van der Waals surface area contributed by atoms with Crippen LogP contribution in [0.4, 0.5) is 22.7 Å². The number of aromatic nitrogens is 2. The topological polar surface area (TPSA) is 33.5 Å². The van der Waals surface area contributed by atoms with E-state index in [0.717, 1.165) is 39.3 Å². The van der Waals surface area contributed by atoms with Crippen LogP contribution in [0.3, 0.4) is 0 Å². The molecule has 0 saturated heterocycles. The van der Waals surface area contributed by atoms with Crippen molar-refractivity contribution in [3.63, 3.8) is 0 Å². The van der Waals surface area contributed by atoms with Crippen molar-refractivity contribution in [1.82, 2.24) is 9.55 Å². The Hall–Kier alpha value is -4.90. The zero-order valence-electron chi connectivity index (χ0n) is 27.1. The minimum atomic E-state index is -0.0110. The first-order chi connectivity index (χ1) is 23.4. The summed E-state index contributed by atoms with van der Waals surface area (Å²) >= 11 is 1.80. The Kier molecular flexibility index (Phi) is 7.82. The predicted molar refractivity (Wildman–Crippen MR) is 198 cm³/mol. The SMILES string of the molecule is CC(C)(C)c1ccccc1N1[CH-]N(c2[c-]c(Oc3[c-]c4c(cc3)c3sc5ccccc5c3n4-c3ccccn3)ccc2)c2ccccc21.[Pt]. The number of pyridine rings is 1. The number of rotatable bonds is 5. The Morgan fingerprint density at radius 1 is 0.673 bits per heavy atom.